The number of aryl methyl sites for hydroxylation is 2. The van der Waals surface area contributed by atoms with Crippen LogP contribution in [0.5, 0.6) is 0 Å². The van der Waals surface area contributed by atoms with Gasteiger partial charge < -0.3 is 4.90 Å². The maximum absolute atomic E-state index is 13.4. The van der Waals surface area contributed by atoms with Gasteiger partial charge in [-0.25, -0.2) is 0 Å². The minimum Gasteiger partial charge on any atom is -0.339 e. The number of hydrogen-bond donors (Lipinski definition) is 0. The van der Waals surface area contributed by atoms with Gasteiger partial charge in [-0.2, -0.15) is 0 Å². The second-order valence-electron chi connectivity index (χ2n) is 9.55. The summed E-state index contributed by atoms with van der Waals surface area (Å²) in [6.07, 6.45) is 7.61. The Hall–Kier alpha value is -2.91. The molecule has 1 fully saturated rings. The van der Waals surface area contributed by atoms with Crippen LogP contribution in [0, 0.1) is 0 Å². The summed E-state index contributed by atoms with van der Waals surface area (Å²) in [7, 11) is 0. The molecule has 1 amide bonds. The molecule has 0 unspecified atom stereocenters. The molecule has 0 spiro atoms. The van der Waals surface area contributed by atoms with Crippen molar-refractivity contribution < 1.29 is 4.79 Å². The Bertz CT molecular complexity index is 929. The number of carbonyl (C=O) groups is 1. The third kappa shape index (κ3) is 7.56. The van der Waals surface area contributed by atoms with E-state index in [4.69, 9.17) is 0 Å². The van der Waals surface area contributed by atoms with Gasteiger partial charge in [-0.3, -0.25) is 9.69 Å². The number of carbonyl (C=O) groups excluding carboxylic acids is 1. The second-order valence-corrected chi connectivity index (χ2v) is 9.55. The molecular formula is C31H38N2O. The summed E-state index contributed by atoms with van der Waals surface area (Å²) in [5.41, 5.74) is 4.06. The van der Waals surface area contributed by atoms with E-state index >= 15 is 0 Å². The topological polar surface area (TPSA) is 23.6 Å². The lowest BCUT2D eigenvalue weighted by Crippen LogP contribution is -2.43. The first-order chi connectivity index (χ1) is 16.8. The smallest absolute Gasteiger partial charge is 0.237 e. The highest BCUT2D eigenvalue weighted by Gasteiger charge is 2.27. The molecule has 4 rings (SSSR count). The molecule has 0 bridgehead atoms. The normalized spacial score (nSPS) is 15.0. The van der Waals surface area contributed by atoms with Crippen molar-refractivity contribution in [1.29, 1.82) is 0 Å². The number of benzene rings is 3. The first-order valence-electron chi connectivity index (χ1n) is 12.9. The Labute approximate surface area is 205 Å². The molecule has 0 aromatic heterocycles. The zero-order valence-corrected chi connectivity index (χ0v) is 20.3. The zero-order chi connectivity index (χ0) is 23.4. The molecule has 3 aromatic carbocycles. The van der Waals surface area contributed by atoms with Crippen LogP contribution >= 0.6 is 0 Å². The molecular weight excluding hydrogens is 416 g/mol. The quantitative estimate of drug-likeness (QED) is 0.348. The Kier molecular flexibility index (Phi) is 9.33. The van der Waals surface area contributed by atoms with Crippen molar-refractivity contribution in [1.82, 2.24) is 9.80 Å². The summed E-state index contributed by atoms with van der Waals surface area (Å²) in [5, 5.41) is 0. The van der Waals surface area contributed by atoms with E-state index in [-0.39, 0.29) is 0 Å². The van der Waals surface area contributed by atoms with Crippen molar-refractivity contribution in [2.45, 2.75) is 57.5 Å². The lowest BCUT2D eigenvalue weighted by molar-refractivity contribution is -0.133. The molecule has 1 heterocycles. The summed E-state index contributed by atoms with van der Waals surface area (Å²) in [4.78, 5) is 18.0. The van der Waals surface area contributed by atoms with Crippen LogP contribution in [-0.2, 0) is 24.2 Å². The van der Waals surface area contributed by atoms with Crippen LogP contribution < -0.4 is 0 Å². The lowest BCUT2D eigenvalue weighted by Gasteiger charge is -2.31. The van der Waals surface area contributed by atoms with E-state index in [1.807, 2.05) is 6.07 Å². The molecule has 3 nitrogen and oxygen atoms in total. The van der Waals surface area contributed by atoms with Crippen LogP contribution in [-0.4, -0.2) is 41.4 Å². The molecule has 0 radical (unpaired) electrons. The van der Waals surface area contributed by atoms with Crippen molar-refractivity contribution in [3.05, 3.63) is 108 Å². The standard InChI is InChI=1S/C31H38N2O/c34-31-26-32(25-29-17-8-3-9-18-29)23-12-24-33(31)30(21-10-19-27-13-4-1-5-14-27)22-11-20-28-15-6-2-7-16-28/h1-9,13-18,30H,10-12,19-26H2. The summed E-state index contributed by atoms with van der Waals surface area (Å²) in [5.74, 6) is 0.304. The van der Waals surface area contributed by atoms with Crippen molar-refractivity contribution in [2.24, 2.45) is 0 Å². The number of nitrogens with zero attached hydrogens (tertiary/aromatic N) is 2. The van der Waals surface area contributed by atoms with Gasteiger partial charge in [0.1, 0.15) is 0 Å². The van der Waals surface area contributed by atoms with Crippen molar-refractivity contribution in [2.75, 3.05) is 19.6 Å². The van der Waals surface area contributed by atoms with E-state index in [0.29, 0.717) is 18.5 Å². The van der Waals surface area contributed by atoms with Crippen LogP contribution in [0.15, 0.2) is 91.0 Å². The van der Waals surface area contributed by atoms with Crippen LogP contribution in [0.3, 0.4) is 0 Å². The minimum absolute atomic E-state index is 0.304. The van der Waals surface area contributed by atoms with Crippen molar-refractivity contribution in [3.63, 3.8) is 0 Å². The van der Waals surface area contributed by atoms with Gasteiger partial charge >= 0.3 is 0 Å². The summed E-state index contributed by atoms with van der Waals surface area (Å²) < 4.78 is 0. The molecule has 3 aromatic rings. The van der Waals surface area contributed by atoms with E-state index in [2.05, 4.69) is 94.7 Å². The Morgan fingerprint density at radius 1 is 0.647 bits per heavy atom. The monoisotopic (exact) mass is 454 g/mol. The van der Waals surface area contributed by atoms with Gasteiger partial charge in [-0.1, -0.05) is 91.0 Å². The van der Waals surface area contributed by atoms with E-state index in [0.717, 1.165) is 64.6 Å². The SMILES string of the molecule is O=C1CN(Cc2ccccc2)CCCN1C(CCCc1ccccc1)CCCc1ccccc1. The van der Waals surface area contributed by atoms with Crippen LogP contribution in [0.2, 0.25) is 0 Å². The van der Waals surface area contributed by atoms with Crippen LogP contribution in [0.1, 0.15) is 48.8 Å². The van der Waals surface area contributed by atoms with E-state index in [9.17, 15) is 4.79 Å². The Balaban J connectivity index is 1.36. The molecule has 1 saturated heterocycles. The van der Waals surface area contributed by atoms with Gasteiger partial charge in [0.05, 0.1) is 6.54 Å². The fourth-order valence-electron chi connectivity index (χ4n) is 5.14. The molecule has 34 heavy (non-hydrogen) atoms. The van der Waals surface area contributed by atoms with Gasteiger partial charge in [0.15, 0.2) is 0 Å². The van der Waals surface area contributed by atoms with Gasteiger partial charge in [0.2, 0.25) is 5.91 Å². The predicted molar refractivity (Wildman–Crippen MR) is 141 cm³/mol. The highest BCUT2D eigenvalue weighted by molar-refractivity contribution is 5.78. The second kappa shape index (κ2) is 13.1. The number of hydrogen-bond acceptors (Lipinski definition) is 2. The van der Waals surface area contributed by atoms with Gasteiger partial charge in [0.25, 0.3) is 0 Å². The van der Waals surface area contributed by atoms with Crippen LogP contribution in [0.4, 0.5) is 0 Å². The average molecular weight is 455 g/mol. The van der Waals surface area contributed by atoms with E-state index in [1.54, 1.807) is 0 Å². The summed E-state index contributed by atoms with van der Waals surface area (Å²) in [6, 6.07) is 32.3. The fourth-order valence-corrected chi connectivity index (χ4v) is 5.14. The molecule has 0 atom stereocenters. The zero-order valence-electron chi connectivity index (χ0n) is 20.3. The highest BCUT2D eigenvalue weighted by atomic mass is 16.2. The maximum atomic E-state index is 13.4. The molecule has 3 heteroatoms. The number of rotatable bonds is 11. The molecule has 0 N–H and O–H groups in total. The average Bonchev–Trinajstić information content (AvgIpc) is 3.05. The third-order valence-electron chi connectivity index (χ3n) is 6.93. The van der Waals surface area contributed by atoms with Crippen molar-refractivity contribution >= 4 is 5.91 Å². The first kappa shape index (κ1) is 24.2. The predicted octanol–water partition coefficient (Wildman–Crippen LogP) is 6.14. The highest BCUT2D eigenvalue weighted by Crippen LogP contribution is 2.21. The number of amides is 1. The largest absolute Gasteiger partial charge is 0.339 e. The Morgan fingerprint density at radius 2 is 1.15 bits per heavy atom. The van der Waals surface area contributed by atoms with E-state index in [1.165, 1.54) is 16.7 Å². The fraction of sp³-hybridized carbons (Fsp3) is 0.387. The van der Waals surface area contributed by atoms with Crippen LogP contribution in [0.25, 0.3) is 0 Å². The maximum Gasteiger partial charge on any atom is 0.237 e. The molecule has 1 aliphatic rings. The molecule has 0 aliphatic carbocycles. The first-order valence-corrected chi connectivity index (χ1v) is 12.9. The van der Waals surface area contributed by atoms with Crippen molar-refractivity contribution in [3.8, 4) is 0 Å². The summed E-state index contributed by atoms with van der Waals surface area (Å²) in [6.45, 7) is 3.25. The molecule has 178 valence electrons. The third-order valence-corrected chi connectivity index (χ3v) is 6.93. The summed E-state index contributed by atoms with van der Waals surface area (Å²) >= 11 is 0. The molecule has 1 aliphatic heterocycles. The Morgan fingerprint density at radius 3 is 1.68 bits per heavy atom. The molecule has 0 saturated carbocycles. The van der Waals surface area contributed by atoms with Gasteiger partial charge in [0, 0.05) is 25.7 Å². The van der Waals surface area contributed by atoms with Gasteiger partial charge in [-0.15, -0.1) is 0 Å². The minimum atomic E-state index is 0.304. The lowest BCUT2D eigenvalue weighted by atomic mass is 9.97. The van der Waals surface area contributed by atoms with E-state index < -0.39 is 0 Å². The van der Waals surface area contributed by atoms with Gasteiger partial charge in [-0.05, 0) is 61.6 Å².